The van der Waals surface area contributed by atoms with Gasteiger partial charge in [-0.05, 0) is 23.7 Å². The van der Waals surface area contributed by atoms with Gasteiger partial charge in [0.15, 0.2) is 5.82 Å². The number of aromatic nitrogens is 2. The molecule has 0 saturated heterocycles. The zero-order chi connectivity index (χ0) is 14.7. The van der Waals surface area contributed by atoms with Crippen molar-refractivity contribution < 1.29 is 4.21 Å². The van der Waals surface area contributed by atoms with E-state index in [0.29, 0.717) is 21.4 Å². The van der Waals surface area contributed by atoms with E-state index >= 15 is 0 Å². The Morgan fingerprint density at radius 3 is 2.65 bits per heavy atom. The number of para-hydroxylation sites is 1. The molecule has 0 spiro atoms. The van der Waals surface area contributed by atoms with Gasteiger partial charge in [0.25, 0.3) is 0 Å². The summed E-state index contributed by atoms with van der Waals surface area (Å²) in [4.78, 5) is 8.52. The average Bonchev–Trinajstić information content (AvgIpc) is 2.42. The van der Waals surface area contributed by atoms with Gasteiger partial charge in [0.05, 0.1) is 27.6 Å². The lowest BCUT2D eigenvalue weighted by molar-refractivity contribution is 0.677. The molecule has 0 fully saturated rings. The maximum atomic E-state index is 12.3. The van der Waals surface area contributed by atoms with Crippen molar-refractivity contribution in [1.29, 1.82) is 0 Å². The van der Waals surface area contributed by atoms with E-state index in [1.807, 2.05) is 38.1 Å². The Balaban J connectivity index is 2.39. The molecule has 106 valence electrons. The lowest BCUT2D eigenvalue weighted by Gasteiger charge is -2.13. The lowest BCUT2D eigenvalue weighted by atomic mass is 10.3. The van der Waals surface area contributed by atoms with Gasteiger partial charge >= 0.3 is 0 Å². The van der Waals surface area contributed by atoms with Crippen LogP contribution in [0.15, 0.2) is 35.4 Å². The Kier molecular flexibility index (Phi) is 4.96. The maximum Gasteiger partial charge on any atom is 0.224 e. The Hall–Kier alpha value is -1.17. The highest BCUT2D eigenvalue weighted by Crippen LogP contribution is 2.28. The zero-order valence-corrected chi connectivity index (χ0v) is 13.3. The molecule has 1 aromatic heterocycles. The quantitative estimate of drug-likeness (QED) is 0.860. The van der Waals surface area contributed by atoms with Crippen LogP contribution in [-0.2, 0) is 10.8 Å². The van der Waals surface area contributed by atoms with E-state index in [9.17, 15) is 4.21 Å². The molecule has 0 amide bonds. The first-order valence-electron chi connectivity index (χ1n) is 5.93. The molecule has 1 N–H and O–H groups in total. The van der Waals surface area contributed by atoms with Crippen LogP contribution in [0.1, 0.15) is 13.8 Å². The second kappa shape index (κ2) is 6.52. The summed E-state index contributed by atoms with van der Waals surface area (Å²) in [7, 11) is -1.11. The van der Waals surface area contributed by atoms with Crippen LogP contribution in [0, 0.1) is 0 Å². The van der Waals surface area contributed by atoms with Gasteiger partial charge < -0.3 is 5.32 Å². The van der Waals surface area contributed by atoms with Crippen LogP contribution in [0.25, 0.3) is 0 Å². The molecule has 2 rings (SSSR count). The summed E-state index contributed by atoms with van der Waals surface area (Å²) in [6, 6.07) is 7.33. The molecule has 20 heavy (non-hydrogen) atoms. The summed E-state index contributed by atoms with van der Waals surface area (Å²) in [6.45, 7) is 3.81. The van der Waals surface area contributed by atoms with Crippen molar-refractivity contribution in [2.45, 2.75) is 24.0 Å². The van der Waals surface area contributed by atoms with E-state index in [2.05, 4.69) is 15.3 Å². The van der Waals surface area contributed by atoms with E-state index in [0.717, 1.165) is 0 Å². The summed E-state index contributed by atoms with van der Waals surface area (Å²) in [6.07, 6.45) is 1.42. The molecule has 2 aromatic rings. The molecule has 4 nitrogen and oxygen atoms in total. The topological polar surface area (TPSA) is 54.9 Å². The predicted octanol–water partition coefficient (Wildman–Crippen LogP) is 4.04. The average molecular weight is 330 g/mol. The lowest BCUT2D eigenvalue weighted by Crippen LogP contribution is -2.08. The third kappa shape index (κ3) is 3.48. The molecule has 7 heteroatoms. The van der Waals surface area contributed by atoms with E-state index in [-0.39, 0.29) is 10.5 Å². The first-order chi connectivity index (χ1) is 9.49. The molecular formula is C13H13Cl2N3OS. The number of nitrogens with zero attached hydrogens (tertiary/aromatic N) is 2. The molecule has 1 aromatic carbocycles. The van der Waals surface area contributed by atoms with E-state index in [1.165, 1.54) is 6.20 Å². The Bertz CT molecular complexity index is 649. The summed E-state index contributed by atoms with van der Waals surface area (Å²) in [5.41, 5.74) is 0.691. The maximum absolute atomic E-state index is 12.3. The molecule has 0 saturated carbocycles. The van der Waals surface area contributed by atoms with Crippen LogP contribution >= 0.6 is 23.2 Å². The molecule has 0 radical (unpaired) electrons. The first kappa shape index (κ1) is 15.2. The number of hydrogen-bond acceptors (Lipinski definition) is 4. The SMILES string of the molecule is CC(C)S(=O)c1ccccc1Nc1nc(Cl)ncc1Cl. The van der Waals surface area contributed by atoms with Crippen molar-refractivity contribution in [2.24, 2.45) is 0 Å². The molecule has 0 aliphatic heterocycles. The van der Waals surface area contributed by atoms with Crippen molar-refractivity contribution in [3.8, 4) is 0 Å². The normalized spacial score (nSPS) is 12.4. The van der Waals surface area contributed by atoms with Crippen molar-refractivity contribution in [3.63, 3.8) is 0 Å². The summed E-state index contributed by atoms with van der Waals surface area (Å²) in [5, 5.41) is 3.52. The van der Waals surface area contributed by atoms with Gasteiger partial charge in [-0.3, -0.25) is 4.21 Å². The number of halogens is 2. The Morgan fingerprint density at radius 1 is 1.25 bits per heavy atom. The minimum absolute atomic E-state index is 0.0161. The highest BCUT2D eigenvalue weighted by molar-refractivity contribution is 7.85. The summed E-state index contributed by atoms with van der Waals surface area (Å²) < 4.78 is 12.3. The van der Waals surface area contributed by atoms with Crippen LogP contribution in [0.2, 0.25) is 10.3 Å². The van der Waals surface area contributed by atoms with Crippen molar-refractivity contribution in [3.05, 3.63) is 40.8 Å². The molecule has 0 aliphatic rings. The fourth-order valence-corrected chi connectivity index (χ4v) is 2.89. The third-order valence-corrected chi connectivity index (χ3v) is 4.60. The fraction of sp³-hybridized carbons (Fsp3) is 0.231. The monoisotopic (exact) mass is 329 g/mol. The van der Waals surface area contributed by atoms with Gasteiger partial charge in [-0.25, -0.2) is 4.98 Å². The number of rotatable bonds is 4. The van der Waals surface area contributed by atoms with Gasteiger partial charge in [-0.1, -0.05) is 37.6 Å². The van der Waals surface area contributed by atoms with Crippen molar-refractivity contribution >= 4 is 45.5 Å². The molecule has 1 unspecified atom stereocenters. The van der Waals surface area contributed by atoms with Gasteiger partial charge in [-0.15, -0.1) is 0 Å². The third-order valence-electron chi connectivity index (χ3n) is 2.50. The number of hydrogen-bond donors (Lipinski definition) is 1. The molecule has 0 bridgehead atoms. The van der Waals surface area contributed by atoms with Gasteiger partial charge in [0.1, 0.15) is 5.02 Å². The number of nitrogens with one attached hydrogen (secondary N) is 1. The second-order valence-corrected chi connectivity index (χ2v) is 7.03. The van der Waals surface area contributed by atoms with Crippen molar-refractivity contribution in [1.82, 2.24) is 9.97 Å². The highest BCUT2D eigenvalue weighted by atomic mass is 35.5. The zero-order valence-electron chi connectivity index (χ0n) is 10.9. The van der Waals surface area contributed by atoms with Crippen LogP contribution in [0.5, 0.6) is 0 Å². The fourth-order valence-electron chi connectivity index (χ4n) is 1.56. The predicted molar refractivity (Wildman–Crippen MR) is 83.3 cm³/mol. The van der Waals surface area contributed by atoms with Crippen LogP contribution in [-0.4, -0.2) is 19.4 Å². The van der Waals surface area contributed by atoms with Crippen LogP contribution < -0.4 is 5.32 Å². The van der Waals surface area contributed by atoms with Gasteiger partial charge in [0.2, 0.25) is 5.28 Å². The minimum Gasteiger partial charge on any atom is -0.338 e. The first-order valence-corrected chi connectivity index (χ1v) is 7.90. The number of benzene rings is 1. The van der Waals surface area contributed by atoms with Gasteiger partial charge in [0, 0.05) is 5.25 Å². The molecular weight excluding hydrogens is 317 g/mol. The summed E-state index contributed by atoms with van der Waals surface area (Å²) in [5.74, 6) is 0.389. The van der Waals surface area contributed by atoms with Crippen LogP contribution in [0.4, 0.5) is 11.5 Å². The molecule has 1 atom stereocenters. The minimum atomic E-state index is -1.11. The van der Waals surface area contributed by atoms with E-state index < -0.39 is 10.8 Å². The van der Waals surface area contributed by atoms with Crippen LogP contribution in [0.3, 0.4) is 0 Å². The van der Waals surface area contributed by atoms with Gasteiger partial charge in [-0.2, -0.15) is 4.98 Å². The smallest absolute Gasteiger partial charge is 0.224 e. The summed E-state index contributed by atoms with van der Waals surface area (Å²) >= 11 is 11.8. The Labute approximate surface area is 130 Å². The van der Waals surface area contributed by atoms with Crippen molar-refractivity contribution in [2.75, 3.05) is 5.32 Å². The standard InChI is InChI=1S/C13H13Cl2N3OS/c1-8(2)20(19)11-6-4-3-5-10(11)17-12-9(14)7-16-13(15)18-12/h3-8H,1-2H3,(H,16,17,18). The largest absolute Gasteiger partial charge is 0.338 e. The Morgan fingerprint density at radius 2 is 1.95 bits per heavy atom. The molecule has 1 heterocycles. The van der Waals surface area contributed by atoms with E-state index in [4.69, 9.17) is 23.2 Å². The molecule has 0 aliphatic carbocycles. The highest BCUT2D eigenvalue weighted by Gasteiger charge is 2.14. The number of anilines is 2. The van der Waals surface area contributed by atoms with E-state index in [1.54, 1.807) is 0 Å². The second-order valence-electron chi connectivity index (χ2n) is 4.30.